The van der Waals surface area contributed by atoms with Crippen molar-refractivity contribution in [2.24, 2.45) is 0 Å². The third-order valence-electron chi connectivity index (χ3n) is 4.05. The highest BCUT2D eigenvalue weighted by Crippen LogP contribution is 2.26. The van der Waals surface area contributed by atoms with E-state index in [-0.39, 0.29) is 12.4 Å². The van der Waals surface area contributed by atoms with E-state index in [4.69, 9.17) is 4.74 Å². The summed E-state index contributed by atoms with van der Waals surface area (Å²) >= 11 is 0. The number of pyridine rings is 1. The molecule has 0 radical (unpaired) electrons. The second-order valence-electron chi connectivity index (χ2n) is 7.21. The Morgan fingerprint density at radius 1 is 1.11 bits per heavy atom. The molecule has 6 heteroatoms. The Hall–Kier alpha value is -3.15. The summed E-state index contributed by atoms with van der Waals surface area (Å²) in [6, 6.07) is 14.9. The molecule has 0 aliphatic carbocycles. The zero-order chi connectivity index (χ0) is 19.6. The molecule has 27 heavy (non-hydrogen) atoms. The lowest BCUT2D eigenvalue weighted by Crippen LogP contribution is -2.45. The summed E-state index contributed by atoms with van der Waals surface area (Å²) in [6.45, 7) is 5.77. The Balaban J connectivity index is 1.72. The van der Waals surface area contributed by atoms with E-state index in [2.05, 4.69) is 4.98 Å². The number of anilines is 1. The molecular weight excluding hydrogens is 347 g/mol. The number of carboxylic acid groups (broad SMARTS) is 1. The van der Waals surface area contributed by atoms with Crippen LogP contribution < -0.4 is 9.64 Å². The summed E-state index contributed by atoms with van der Waals surface area (Å²) in [7, 11) is 0. The zero-order valence-electron chi connectivity index (χ0n) is 15.4. The van der Waals surface area contributed by atoms with Gasteiger partial charge in [-0.3, -0.25) is 4.90 Å². The van der Waals surface area contributed by atoms with Crippen molar-refractivity contribution in [2.45, 2.75) is 32.9 Å². The second-order valence-corrected chi connectivity index (χ2v) is 7.21. The molecule has 0 saturated heterocycles. The van der Waals surface area contributed by atoms with Crippen molar-refractivity contribution < 1.29 is 19.0 Å². The van der Waals surface area contributed by atoms with Crippen molar-refractivity contribution >= 4 is 22.7 Å². The molecule has 140 valence electrons. The van der Waals surface area contributed by atoms with Crippen molar-refractivity contribution in [1.29, 1.82) is 0 Å². The van der Waals surface area contributed by atoms with E-state index in [1.54, 1.807) is 42.5 Å². The number of carbonyl (C=O) groups is 1. The number of hydrogen-bond donors (Lipinski definition) is 1. The van der Waals surface area contributed by atoms with Gasteiger partial charge in [0, 0.05) is 16.6 Å². The molecule has 0 atom stereocenters. The van der Waals surface area contributed by atoms with Crippen LogP contribution in [0.15, 0.2) is 54.6 Å². The van der Waals surface area contributed by atoms with Crippen LogP contribution in [0.5, 0.6) is 5.75 Å². The predicted octanol–water partition coefficient (Wildman–Crippen LogP) is 5.24. The van der Waals surface area contributed by atoms with Gasteiger partial charge in [-0.1, -0.05) is 6.07 Å². The van der Waals surface area contributed by atoms with Crippen LogP contribution in [-0.4, -0.2) is 21.7 Å². The molecule has 0 bridgehead atoms. The highest BCUT2D eigenvalue weighted by molar-refractivity contribution is 5.87. The number of nitrogens with zero attached hydrogens (tertiary/aromatic N) is 2. The lowest BCUT2D eigenvalue weighted by Gasteiger charge is -2.33. The van der Waals surface area contributed by atoms with E-state index in [0.717, 1.165) is 11.1 Å². The SMILES string of the molecule is CC(C)(C)N(C(=O)O)c1ccc(OCc2ccc3cc(F)ccc3n2)cc1. The van der Waals surface area contributed by atoms with Crippen molar-refractivity contribution in [2.75, 3.05) is 4.90 Å². The maximum atomic E-state index is 13.2. The third kappa shape index (κ3) is 4.34. The fourth-order valence-corrected chi connectivity index (χ4v) is 2.85. The fourth-order valence-electron chi connectivity index (χ4n) is 2.85. The molecule has 3 rings (SSSR count). The molecular formula is C21H21FN2O3. The van der Waals surface area contributed by atoms with E-state index < -0.39 is 11.6 Å². The maximum absolute atomic E-state index is 13.2. The van der Waals surface area contributed by atoms with Gasteiger partial charge in [-0.25, -0.2) is 14.2 Å². The average Bonchev–Trinajstić information content (AvgIpc) is 2.59. The van der Waals surface area contributed by atoms with Crippen LogP contribution in [0.1, 0.15) is 26.5 Å². The molecule has 0 fully saturated rings. The van der Waals surface area contributed by atoms with Gasteiger partial charge >= 0.3 is 6.09 Å². The predicted molar refractivity (Wildman–Crippen MR) is 103 cm³/mol. The van der Waals surface area contributed by atoms with Gasteiger partial charge in [0.2, 0.25) is 0 Å². The average molecular weight is 368 g/mol. The maximum Gasteiger partial charge on any atom is 0.412 e. The van der Waals surface area contributed by atoms with E-state index >= 15 is 0 Å². The minimum Gasteiger partial charge on any atom is -0.487 e. The van der Waals surface area contributed by atoms with Crippen molar-refractivity contribution in [3.8, 4) is 5.75 Å². The smallest absolute Gasteiger partial charge is 0.412 e. The fraction of sp³-hybridized carbons (Fsp3) is 0.238. The Kier molecular flexibility index (Phi) is 4.99. The Morgan fingerprint density at radius 2 is 1.81 bits per heavy atom. The van der Waals surface area contributed by atoms with Crippen molar-refractivity contribution in [3.05, 3.63) is 66.1 Å². The first-order valence-electron chi connectivity index (χ1n) is 8.55. The summed E-state index contributed by atoms with van der Waals surface area (Å²) in [5, 5.41) is 10.2. The molecule has 1 heterocycles. The highest BCUT2D eigenvalue weighted by Gasteiger charge is 2.27. The molecule has 1 aromatic heterocycles. The van der Waals surface area contributed by atoms with Gasteiger partial charge in [0.1, 0.15) is 18.2 Å². The minimum atomic E-state index is -1.01. The Labute approximate surface area is 157 Å². The number of rotatable bonds is 4. The first kappa shape index (κ1) is 18.6. The number of aromatic nitrogens is 1. The normalized spacial score (nSPS) is 11.4. The third-order valence-corrected chi connectivity index (χ3v) is 4.05. The first-order chi connectivity index (χ1) is 12.7. The lowest BCUT2D eigenvalue weighted by molar-refractivity contribution is 0.195. The van der Waals surface area contributed by atoms with Crippen LogP contribution in [0.25, 0.3) is 10.9 Å². The molecule has 0 aliphatic rings. The largest absolute Gasteiger partial charge is 0.487 e. The topological polar surface area (TPSA) is 62.7 Å². The molecule has 1 N–H and O–H groups in total. The van der Waals surface area contributed by atoms with E-state index in [1.165, 1.54) is 17.0 Å². The van der Waals surface area contributed by atoms with Gasteiger partial charge in [-0.15, -0.1) is 0 Å². The number of amides is 1. The molecule has 1 amide bonds. The summed E-state index contributed by atoms with van der Waals surface area (Å²) in [6.07, 6.45) is -1.01. The monoisotopic (exact) mass is 368 g/mol. The quantitative estimate of drug-likeness (QED) is 0.684. The van der Waals surface area contributed by atoms with Gasteiger partial charge in [-0.05, 0) is 69.3 Å². The summed E-state index contributed by atoms with van der Waals surface area (Å²) in [4.78, 5) is 17.3. The molecule has 2 aromatic carbocycles. The summed E-state index contributed by atoms with van der Waals surface area (Å²) in [5.41, 5.74) is 1.45. The van der Waals surface area contributed by atoms with Crippen LogP contribution in [-0.2, 0) is 6.61 Å². The molecule has 5 nitrogen and oxygen atoms in total. The van der Waals surface area contributed by atoms with Crippen LogP contribution in [0.3, 0.4) is 0 Å². The van der Waals surface area contributed by atoms with Crippen LogP contribution >= 0.6 is 0 Å². The Morgan fingerprint density at radius 3 is 2.44 bits per heavy atom. The highest BCUT2D eigenvalue weighted by atomic mass is 19.1. The second kappa shape index (κ2) is 7.23. The van der Waals surface area contributed by atoms with Crippen LogP contribution in [0.2, 0.25) is 0 Å². The van der Waals surface area contributed by atoms with Gasteiger partial charge < -0.3 is 9.84 Å². The zero-order valence-corrected chi connectivity index (χ0v) is 15.4. The van der Waals surface area contributed by atoms with Crippen LogP contribution in [0, 0.1) is 5.82 Å². The Bertz CT molecular complexity index is 965. The number of halogens is 1. The molecule has 0 aliphatic heterocycles. The number of ether oxygens (including phenoxy) is 1. The van der Waals surface area contributed by atoms with Crippen molar-refractivity contribution in [3.63, 3.8) is 0 Å². The standard InChI is InChI=1S/C21H21FN2O3/c1-21(2,3)24(20(25)26)17-7-9-18(10-8-17)27-13-16-6-4-14-12-15(22)5-11-19(14)23-16/h4-12H,13H2,1-3H3,(H,25,26). The number of hydrogen-bond acceptors (Lipinski definition) is 3. The molecule has 0 unspecified atom stereocenters. The number of fused-ring (bicyclic) bond motifs is 1. The van der Waals surface area contributed by atoms with Gasteiger partial charge in [-0.2, -0.15) is 0 Å². The molecule has 0 spiro atoms. The first-order valence-corrected chi connectivity index (χ1v) is 8.55. The van der Waals surface area contributed by atoms with Gasteiger partial charge in [0.05, 0.1) is 11.2 Å². The van der Waals surface area contributed by atoms with E-state index in [9.17, 15) is 14.3 Å². The van der Waals surface area contributed by atoms with Crippen molar-refractivity contribution in [1.82, 2.24) is 4.98 Å². The van der Waals surface area contributed by atoms with Gasteiger partial charge in [0.15, 0.2) is 0 Å². The molecule has 0 saturated carbocycles. The van der Waals surface area contributed by atoms with Crippen LogP contribution in [0.4, 0.5) is 14.9 Å². The number of benzene rings is 2. The van der Waals surface area contributed by atoms with E-state index in [1.807, 2.05) is 20.8 Å². The summed E-state index contributed by atoms with van der Waals surface area (Å²) in [5.74, 6) is 0.318. The minimum absolute atomic E-state index is 0.259. The lowest BCUT2D eigenvalue weighted by atomic mass is 10.1. The van der Waals surface area contributed by atoms with E-state index in [0.29, 0.717) is 17.0 Å². The van der Waals surface area contributed by atoms with Gasteiger partial charge in [0.25, 0.3) is 0 Å². The summed E-state index contributed by atoms with van der Waals surface area (Å²) < 4.78 is 19.0. The molecule has 3 aromatic rings.